The lowest BCUT2D eigenvalue weighted by atomic mass is 10.0. The number of nitrogens with zero attached hydrogens (tertiary/aromatic N) is 3. The minimum absolute atomic E-state index is 0.516. The Balaban J connectivity index is 1.27. The molecule has 43 heavy (non-hydrogen) atoms. The average Bonchev–Trinajstić information content (AvgIpc) is 3.63. The number of halogens is 1. The number of hydrogen-bond acceptors (Lipinski definition) is 5. The summed E-state index contributed by atoms with van der Waals surface area (Å²) in [6.07, 6.45) is 0. The highest BCUT2D eigenvalue weighted by atomic mass is 35.5. The third-order valence-electron chi connectivity index (χ3n) is 7.98. The van der Waals surface area contributed by atoms with Gasteiger partial charge in [0.2, 0.25) is 0 Å². The zero-order chi connectivity index (χ0) is 28.5. The summed E-state index contributed by atoms with van der Waals surface area (Å²) in [7, 11) is 0. The van der Waals surface area contributed by atoms with E-state index in [1.807, 2.05) is 48.5 Å². The van der Waals surface area contributed by atoms with Gasteiger partial charge in [0, 0.05) is 53.0 Å². The molecule has 0 saturated carbocycles. The van der Waals surface area contributed by atoms with E-state index < -0.39 is 0 Å². The lowest BCUT2D eigenvalue weighted by molar-refractivity contribution is 0.673. The van der Waals surface area contributed by atoms with Crippen molar-refractivity contribution in [3.63, 3.8) is 0 Å². The summed E-state index contributed by atoms with van der Waals surface area (Å²) in [5.74, 6) is 1.78. The van der Waals surface area contributed by atoms with Crippen LogP contribution in [-0.2, 0) is 0 Å². The second kappa shape index (κ2) is 9.46. The highest BCUT2D eigenvalue weighted by Gasteiger charge is 2.18. The zero-order valence-electron chi connectivity index (χ0n) is 22.6. The number of furan rings is 1. The van der Waals surface area contributed by atoms with Crippen LogP contribution in [-0.4, -0.2) is 15.0 Å². The van der Waals surface area contributed by atoms with Crippen LogP contribution in [0.3, 0.4) is 0 Å². The van der Waals surface area contributed by atoms with E-state index in [0.29, 0.717) is 28.1 Å². The molecule has 0 radical (unpaired) electrons. The van der Waals surface area contributed by atoms with Crippen LogP contribution in [0.25, 0.3) is 87.0 Å². The molecule has 0 aliphatic rings. The molecule has 0 fully saturated rings. The molecule has 0 saturated heterocycles. The molecule has 4 nitrogen and oxygen atoms in total. The molecule has 6 heteroatoms. The molecule has 9 rings (SSSR count). The van der Waals surface area contributed by atoms with Gasteiger partial charge in [0.1, 0.15) is 5.58 Å². The van der Waals surface area contributed by atoms with Gasteiger partial charge in [0.05, 0.1) is 5.02 Å². The van der Waals surface area contributed by atoms with Gasteiger partial charge in [0.15, 0.2) is 23.1 Å². The number of rotatable bonds is 3. The molecule has 0 N–H and O–H groups in total. The predicted octanol–water partition coefficient (Wildman–Crippen LogP) is 10.9. The summed E-state index contributed by atoms with van der Waals surface area (Å²) >= 11 is 8.67. The Bertz CT molecular complexity index is 2530. The zero-order valence-corrected chi connectivity index (χ0v) is 24.2. The van der Waals surface area contributed by atoms with Crippen molar-refractivity contribution >= 4 is 75.8 Å². The topological polar surface area (TPSA) is 51.8 Å². The van der Waals surface area contributed by atoms with E-state index in [1.54, 1.807) is 11.3 Å². The normalized spacial score (nSPS) is 11.8. The molecule has 0 unspecified atom stereocenters. The second-order valence-corrected chi connectivity index (χ2v) is 12.1. The van der Waals surface area contributed by atoms with Crippen molar-refractivity contribution in [2.24, 2.45) is 0 Å². The molecule has 202 valence electrons. The van der Waals surface area contributed by atoms with E-state index in [9.17, 15) is 0 Å². The quantitative estimate of drug-likeness (QED) is 0.206. The van der Waals surface area contributed by atoms with Gasteiger partial charge < -0.3 is 4.42 Å². The number of aromatic nitrogens is 3. The summed E-state index contributed by atoms with van der Waals surface area (Å²) in [5, 5.41) is 7.12. The summed E-state index contributed by atoms with van der Waals surface area (Å²) in [4.78, 5) is 14.9. The van der Waals surface area contributed by atoms with E-state index in [4.69, 9.17) is 31.0 Å². The standard InChI is InChI=1S/C37H20ClN3OS/c38-30-19-24(18-29-28-17-14-21-8-4-5-11-25(21)33(28)42-34(29)30)37-40-35(22-9-2-1-3-10-22)39-36(41-37)23-15-16-27-26-12-6-7-13-31(26)43-32(27)20-23/h1-20H. The third kappa shape index (κ3) is 3.93. The van der Waals surface area contributed by atoms with Crippen LogP contribution in [0.2, 0.25) is 5.02 Å². The number of fused-ring (bicyclic) bond motifs is 8. The first-order valence-electron chi connectivity index (χ1n) is 14.0. The number of benzene rings is 6. The first-order valence-corrected chi connectivity index (χ1v) is 15.2. The maximum absolute atomic E-state index is 6.89. The Kier molecular flexibility index (Phi) is 5.39. The van der Waals surface area contributed by atoms with Crippen LogP contribution >= 0.6 is 22.9 Å². The summed E-state index contributed by atoms with van der Waals surface area (Å²) < 4.78 is 8.82. The molecular formula is C37H20ClN3OS. The van der Waals surface area contributed by atoms with Gasteiger partial charge in [-0.25, -0.2) is 15.0 Å². The van der Waals surface area contributed by atoms with Gasteiger partial charge in [-0.1, -0.05) is 103 Å². The molecule has 0 atom stereocenters. The fourth-order valence-electron chi connectivity index (χ4n) is 5.91. The minimum Gasteiger partial charge on any atom is -0.454 e. The van der Waals surface area contributed by atoms with E-state index in [2.05, 4.69) is 72.8 Å². The molecular weight excluding hydrogens is 570 g/mol. The van der Waals surface area contributed by atoms with Crippen molar-refractivity contribution in [2.75, 3.05) is 0 Å². The van der Waals surface area contributed by atoms with Crippen LogP contribution in [0.4, 0.5) is 0 Å². The van der Waals surface area contributed by atoms with Crippen molar-refractivity contribution < 1.29 is 4.42 Å². The largest absolute Gasteiger partial charge is 0.454 e. The summed E-state index contributed by atoms with van der Waals surface area (Å²) in [5.41, 5.74) is 4.14. The monoisotopic (exact) mass is 589 g/mol. The smallest absolute Gasteiger partial charge is 0.164 e. The minimum atomic E-state index is 0.516. The summed E-state index contributed by atoms with van der Waals surface area (Å²) in [6.45, 7) is 0. The van der Waals surface area contributed by atoms with Gasteiger partial charge in [-0.2, -0.15) is 0 Å². The molecule has 0 amide bonds. The average molecular weight is 590 g/mol. The van der Waals surface area contributed by atoms with Gasteiger partial charge in [0.25, 0.3) is 0 Å². The molecule has 0 aliphatic carbocycles. The molecule has 0 aliphatic heterocycles. The Morgan fingerprint density at radius 1 is 0.465 bits per heavy atom. The fourth-order valence-corrected chi connectivity index (χ4v) is 7.31. The van der Waals surface area contributed by atoms with Crippen LogP contribution < -0.4 is 0 Å². The highest BCUT2D eigenvalue weighted by Crippen LogP contribution is 2.40. The molecule has 3 heterocycles. The van der Waals surface area contributed by atoms with Crippen molar-refractivity contribution in [3.05, 3.63) is 126 Å². The van der Waals surface area contributed by atoms with Crippen molar-refractivity contribution in [1.82, 2.24) is 15.0 Å². The first-order chi connectivity index (χ1) is 21.2. The molecule has 3 aromatic heterocycles. The van der Waals surface area contributed by atoms with E-state index in [0.717, 1.165) is 43.8 Å². The van der Waals surface area contributed by atoms with Crippen LogP contribution in [0.1, 0.15) is 0 Å². The fraction of sp³-hybridized carbons (Fsp3) is 0. The van der Waals surface area contributed by atoms with Crippen LogP contribution in [0.5, 0.6) is 0 Å². The van der Waals surface area contributed by atoms with Crippen LogP contribution in [0.15, 0.2) is 126 Å². The first kappa shape index (κ1) is 24.5. The Labute approximate surface area is 254 Å². The maximum atomic E-state index is 6.89. The van der Waals surface area contributed by atoms with E-state index >= 15 is 0 Å². The third-order valence-corrected chi connectivity index (χ3v) is 9.39. The second-order valence-electron chi connectivity index (χ2n) is 10.6. The van der Waals surface area contributed by atoms with E-state index in [-0.39, 0.29) is 0 Å². The number of thiophene rings is 1. The van der Waals surface area contributed by atoms with Crippen molar-refractivity contribution in [2.45, 2.75) is 0 Å². The molecule has 0 bridgehead atoms. The lowest BCUT2D eigenvalue weighted by Gasteiger charge is -2.09. The Hall–Kier alpha value is -5.10. The van der Waals surface area contributed by atoms with Gasteiger partial charge in [-0.3, -0.25) is 0 Å². The lowest BCUT2D eigenvalue weighted by Crippen LogP contribution is -2.00. The van der Waals surface area contributed by atoms with E-state index in [1.165, 1.54) is 20.2 Å². The molecule has 9 aromatic rings. The number of hydrogen-bond donors (Lipinski definition) is 0. The molecule has 0 spiro atoms. The highest BCUT2D eigenvalue weighted by molar-refractivity contribution is 7.25. The van der Waals surface area contributed by atoms with Gasteiger partial charge in [-0.15, -0.1) is 11.3 Å². The Morgan fingerprint density at radius 2 is 1.14 bits per heavy atom. The molecule has 6 aromatic carbocycles. The van der Waals surface area contributed by atoms with Crippen LogP contribution in [0, 0.1) is 0 Å². The van der Waals surface area contributed by atoms with Crippen molar-refractivity contribution in [1.29, 1.82) is 0 Å². The SMILES string of the molecule is Clc1cc(-c2nc(-c3ccccc3)nc(-c3ccc4c(c3)sc3ccccc34)n2)cc2c1oc1c3ccccc3ccc21. The Morgan fingerprint density at radius 3 is 2.00 bits per heavy atom. The van der Waals surface area contributed by atoms with Gasteiger partial charge >= 0.3 is 0 Å². The van der Waals surface area contributed by atoms with Gasteiger partial charge in [-0.05, 0) is 35.7 Å². The van der Waals surface area contributed by atoms with Crippen molar-refractivity contribution in [3.8, 4) is 34.2 Å². The summed E-state index contributed by atoms with van der Waals surface area (Å²) in [6, 6.07) is 41.3. The predicted molar refractivity (Wildman–Crippen MR) is 179 cm³/mol. The maximum Gasteiger partial charge on any atom is 0.164 e.